The molecule has 1 aliphatic rings. The lowest BCUT2D eigenvalue weighted by atomic mass is 9.77. The van der Waals surface area contributed by atoms with E-state index in [2.05, 4.69) is 24.3 Å². The molecule has 0 bridgehead atoms. The van der Waals surface area contributed by atoms with Crippen molar-refractivity contribution in [3.63, 3.8) is 0 Å². The van der Waals surface area contributed by atoms with Gasteiger partial charge in [-0.3, -0.25) is 9.48 Å². The third kappa shape index (κ3) is 3.01. The molecule has 2 aromatic heterocycles. The zero-order valence-corrected chi connectivity index (χ0v) is 14.2. The van der Waals surface area contributed by atoms with E-state index in [0.717, 1.165) is 29.7 Å². The predicted molar refractivity (Wildman–Crippen MR) is 88.2 cm³/mol. The largest absolute Gasteiger partial charge is 0.478 e. The van der Waals surface area contributed by atoms with Gasteiger partial charge in [0.15, 0.2) is 0 Å². The Morgan fingerprint density at radius 2 is 2.17 bits per heavy atom. The molecule has 0 aromatic carbocycles. The molecular weight excluding hydrogens is 314 g/mol. The van der Waals surface area contributed by atoms with Crippen LogP contribution in [0.1, 0.15) is 51.4 Å². The van der Waals surface area contributed by atoms with Crippen LogP contribution in [0.3, 0.4) is 0 Å². The van der Waals surface area contributed by atoms with Gasteiger partial charge < -0.3 is 10.4 Å². The first kappa shape index (κ1) is 15.7. The summed E-state index contributed by atoms with van der Waals surface area (Å²) in [5.74, 6) is -1.32. The molecule has 0 spiro atoms. The Balaban J connectivity index is 1.95. The van der Waals surface area contributed by atoms with Crippen LogP contribution < -0.4 is 5.32 Å². The fourth-order valence-electron chi connectivity index (χ4n) is 2.93. The Bertz CT molecular complexity index is 789. The second kappa shape index (κ2) is 5.49. The number of hydrogen-bond acceptors (Lipinski definition) is 4. The van der Waals surface area contributed by atoms with Crippen molar-refractivity contribution in [3.05, 3.63) is 34.0 Å². The molecule has 1 amide bonds. The maximum atomic E-state index is 12.3. The lowest BCUT2D eigenvalue weighted by molar-refractivity contribution is 0.0696. The van der Waals surface area contributed by atoms with E-state index in [1.54, 1.807) is 13.2 Å². The molecule has 0 fully saturated rings. The third-order valence-electron chi connectivity index (χ3n) is 4.19. The second-order valence-corrected chi connectivity index (χ2v) is 7.82. The van der Waals surface area contributed by atoms with Crippen molar-refractivity contribution >= 4 is 28.2 Å². The minimum Gasteiger partial charge on any atom is -0.478 e. The number of aryl methyl sites for hydroxylation is 1. The molecule has 122 valence electrons. The quantitative estimate of drug-likeness (QED) is 0.904. The van der Waals surface area contributed by atoms with Gasteiger partial charge in [0.05, 0.1) is 17.3 Å². The van der Waals surface area contributed by atoms with E-state index in [1.165, 1.54) is 22.2 Å². The van der Waals surface area contributed by atoms with Gasteiger partial charge in [0.1, 0.15) is 5.00 Å². The van der Waals surface area contributed by atoms with E-state index in [-0.39, 0.29) is 16.9 Å². The molecule has 3 rings (SSSR count). The zero-order valence-electron chi connectivity index (χ0n) is 13.3. The van der Waals surface area contributed by atoms with Crippen molar-refractivity contribution in [2.45, 2.75) is 33.1 Å². The summed E-state index contributed by atoms with van der Waals surface area (Å²) in [5, 5.41) is 16.7. The first-order valence-corrected chi connectivity index (χ1v) is 8.26. The Morgan fingerprint density at radius 3 is 2.78 bits per heavy atom. The van der Waals surface area contributed by atoms with Crippen LogP contribution in [0.5, 0.6) is 0 Å². The highest BCUT2D eigenvalue weighted by Crippen LogP contribution is 2.43. The Hall–Kier alpha value is -2.15. The molecule has 7 heteroatoms. The number of thiophene rings is 1. The number of aromatic nitrogens is 2. The fourth-order valence-corrected chi connectivity index (χ4v) is 4.43. The highest BCUT2D eigenvalue weighted by atomic mass is 32.1. The molecule has 2 aromatic rings. The van der Waals surface area contributed by atoms with Crippen molar-refractivity contribution in [1.29, 1.82) is 0 Å². The van der Waals surface area contributed by atoms with E-state index >= 15 is 0 Å². The van der Waals surface area contributed by atoms with Gasteiger partial charge in [-0.15, -0.1) is 11.3 Å². The van der Waals surface area contributed by atoms with Crippen molar-refractivity contribution in [3.8, 4) is 0 Å². The zero-order chi connectivity index (χ0) is 16.8. The van der Waals surface area contributed by atoms with Gasteiger partial charge in [-0.05, 0) is 30.2 Å². The lowest BCUT2D eigenvalue weighted by Gasteiger charge is -2.29. The summed E-state index contributed by atoms with van der Waals surface area (Å²) in [5.41, 5.74) is 1.70. The summed E-state index contributed by atoms with van der Waals surface area (Å²) >= 11 is 1.38. The SMILES string of the molecule is Cn1cc(C(=O)Nc2sc3c(c2C(=O)O)CCC(C)(C)C3)cn1. The number of aromatic carboxylic acids is 1. The van der Waals surface area contributed by atoms with Crippen LogP contribution >= 0.6 is 11.3 Å². The van der Waals surface area contributed by atoms with Crippen molar-refractivity contribution in [2.75, 3.05) is 5.32 Å². The van der Waals surface area contributed by atoms with Crippen LogP contribution in [0.25, 0.3) is 0 Å². The van der Waals surface area contributed by atoms with Crippen LogP contribution in [0.2, 0.25) is 0 Å². The smallest absolute Gasteiger partial charge is 0.339 e. The van der Waals surface area contributed by atoms with E-state index in [0.29, 0.717) is 10.6 Å². The molecule has 0 saturated heterocycles. The minimum atomic E-state index is -0.983. The molecule has 2 N–H and O–H groups in total. The molecule has 0 unspecified atom stereocenters. The predicted octanol–water partition coefficient (Wildman–Crippen LogP) is 2.95. The van der Waals surface area contributed by atoms with Crippen molar-refractivity contribution in [2.24, 2.45) is 12.5 Å². The molecule has 0 atom stereocenters. The number of carboxylic acid groups (broad SMARTS) is 1. The molecule has 6 nitrogen and oxygen atoms in total. The first-order chi connectivity index (χ1) is 10.8. The number of carbonyl (C=O) groups is 2. The Labute approximate surface area is 138 Å². The minimum absolute atomic E-state index is 0.165. The van der Waals surface area contributed by atoms with Crippen LogP contribution in [-0.2, 0) is 19.9 Å². The van der Waals surface area contributed by atoms with Crippen LogP contribution in [-0.4, -0.2) is 26.8 Å². The van der Waals surface area contributed by atoms with Crippen molar-refractivity contribution in [1.82, 2.24) is 9.78 Å². The first-order valence-electron chi connectivity index (χ1n) is 7.45. The number of anilines is 1. The van der Waals surface area contributed by atoms with E-state index in [9.17, 15) is 14.7 Å². The Kier molecular flexibility index (Phi) is 3.75. The second-order valence-electron chi connectivity index (χ2n) is 6.71. The average Bonchev–Trinajstić information content (AvgIpc) is 3.00. The maximum Gasteiger partial charge on any atom is 0.339 e. The summed E-state index contributed by atoms with van der Waals surface area (Å²) in [6, 6.07) is 0. The van der Waals surface area contributed by atoms with Gasteiger partial charge in [-0.1, -0.05) is 13.8 Å². The summed E-state index contributed by atoms with van der Waals surface area (Å²) in [6.45, 7) is 4.37. The topological polar surface area (TPSA) is 84.2 Å². The van der Waals surface area contributed by atoms with Gasteiger partial charge in [0.25, 0.3) is 5.91 Å². The van der Waals surface area contributed by atoms with Gasteiger partial charge in [-0.2, -0.15) is 5.10 Å². The summed E-state index contributed by atoms with van der Waals surface area (Å²) in [4.78, 5) is 25.0. The lowest BCUT2D eigenvalue weighted by Crippen LogP contribution is -2.21. The normalized spacial score (nSPS) is 16.0. The molecule has 0 aliphatic heterocycles. The molecule has 2 heterocycles. The average molecular weight is 333 g/mol. The molecule has 23 heavy (non-hydrogen) atoms. The number of fused-ring (bicyclic) bond motifs is 1. The highest BCUT2D eigenvalue weighted by Gasteiger charge is 2.32. The number of nitrogens with zero attached hydrogens (tertiary/aromatic N) is 2. The number of carboxylic acids is 1. The van der Waals surface area contributed by atoms with Gasteiger partial charge in [0, 0.05) is 18.1 Å². The number of nitrogens with one attached hydrogen (secondary N) is 1. The van der Waals surface area contributed by atoms with E-state index < -0.39 is 5.97 Å². The third-order valence-corrected chi connectivity index (χ3v) is 5.34. The van der Waals surface area contributed by atoms with E-state index in [1.807, 2.05) is 0 Å². The van der Waals surface area contributed by atoms with Gasteiger partial charge in [0.2, 0.25) is 0 Å². The molecule has 0 radical (unpaired) electrons. The number of amides is 1. The highest BCUT2D eigenvalue weighted by molar-refractivity contribution is 7.17. The van der Waals surface area contributed by atoms with E-state index in [4.69, 9.17) is 0 Å². The fraction of sp³-hybridized carbons (Fsp3) is 0.438. The molecular formula is C16H19N3O3S. The van der Waals surface area contributed by atoms with Crippen LogP contribution in [0, 0.1) is 5.41 Å². The number of hydrogen-bond donors (Lipinski definition) is 2. The van der Waals surface area contributed by atoms with Crippen LogP contribution in [0.4, 0.5) is 5.00 Å². The summed E-state index contributed by atoms with van der Waals surface area (Å²) < 4.78 is 1.54. The summed E-state index contributed by atoms with van der Waals surface area (Å²) in [6.07, 6.45) is 5.60. The van der Waals surface area contributed by atoms with Gasteiger partial charge in [-0.25, -0.2) is 4.79 Å². The molecule has 0 saturated carbocycles. The standard InChI is InChI=1S/C16H19N3O3S/c1-16(2)5-4-10-11(6-16)23-14(12(10)15(21)22)18-13(20)9-7-17-19(3)8-9/h7-8H,4-6H2,1-3H3,(H,18,20)(H,21,22). The number of rotatable bonds is 3. The maximum absolute atomic E-state index is 12.3. The summed E-state index contributed by atoms with van der Waals surface area (Å²) in [7, 11) is 1.73. The van der Waals surface area contributed by atoms with Gasteiger partial charge >= 0.3 is 5.97 Å². The molecule has 1 aliphatic carbocycles. The van der Waals surface area contributed by atoms with Crippen molar-refractivity contribution < 1.29 is 14.7 Å². The van der Waals surface area contributed by atoms with Crippen LogP contribution in [0.15, 0.2) is 12.4 Å². The monoisotopic (exact) mass is 333 g/mol. The Morgan fingerprint density at radius 1 is 1.43 bits per heavy atom. The number of carbonyl (C=O) groups excluding carboxylic acids is 1.